The molecule has 4 nitrogen and oxygen atoms in total. The van der Waals surface area contributed by atoms with E-state index in [2.05, 4.69) is 11.9 Å². The summed E-state index contributed by atoms with van der Waals surface area (Å²) in [5, 5.41) is 2.42. The van der Waals surface area contributed by atoms with Gasteiger partial charge in [-0.3, -0.25) is 4.79 Å². The van der Waals surface area contributed by atoms with E-state index in [9.17, 15) is 9.59 Å². The highest BCUT2D eigenvalue weighted by Gasteiger charge is 2.24. The first-order chi connectivity index (χ1) is 6.76. The zero-order chi connectivity index (χ0) is 12.1. The van der Waals surface area contributed by atoms with Gasteiger partial charge in [0.2, 0.25) is 6.41 Å². The van der Waals surface area contributed by atoms with Crippen LogP contribution in [0.25, 0.3) is 0 Å². The zero-order valence-electron chi connectivity index (χ0n) is 9.79. The van der Waals surface area contributed by atoms with Gasteiger partial charge < -0.3 is 10.1 Å². The van der Waals surface area contributed by atoms with Crippen molar-refractivity contribution in [1.82, 2.24) is 5.32 Å². The summed E-state index contributed by atoms with van der Waals surface area (Å²) < 4.78 is 5.15. The quantitative estimate of drug-likeness (QED) is 0.427. The first-order valence-electron chi connectivity index (χ1n) is 4.83. The molecule has 0 spiro atoms. The van der Waals surface area contributed by atoms with Crippen LogP contribution in [0.5, 0.6) is 0 Å². The molecule has 1 amide bonds. The fourth-order valence-corrected chi connectivity index (χ4v) is 1.01. The Bertz CT molecular complexity index is 253. The number of amides is 1. The fourth-order valence-electron chi connectivity index (χ4n) is 1.01. The fraction of sp³-hybridized carbons (Fsp3) is 0.636. The Kier molecular flexibility index (Phi) is 5.05. The van der Waals surface area contributed by atoms with Crippen molar-refractivity contribution in [3.05, 3.63) is 12.2 Å². The van der Waals surface area contributed by atoms with Crippen molar-refractivity contribution < 1.29 is 14.3 Å². The van der Waals surface area contributed by atoms with Crippen molar-refractivity contribution in [2.24, 2.45) is 0 Å². The molecular formula is C11H19NO3. The van der Waals surface area contributed by atoms with Gasteiger partial charge in [-0.15, -0.1) is 6.58 Å². The topological polar surface area (TPSA) is 55.4 Å². The normalized spacial score (nSPS) is 12.8. The molecule has 1 unspecified atom stereocenters. The zero-order valence-corrected chi connectivity index (χ0v) is 9.79. The number of hydrogen-bond donors (Lipinski definition) is 1. The molecule has 4 heteroatoms. The van der Waals surface area contributed by atoms with Crippen LogP contribution in [-0.2, 0) is 14.3 Å². The minimum Gasteiger partial charge on any atom is -0.458 e. The predicted molar refractivity (Wildman–Crippen MR) is 58.3 cm³/mol. The summed E-state index contributed by atoms with van der Waals surface area (Å²) in [7, 11) is 0. The van der Waals surface area contributed by atoms with Gasteiger partial charge in [0, 0.05) is 0 Å². The van der Waals surface area contributed by atoms with Gasteiger partial charge in [0.15, 0.2) is 0 Å². The maximum absolute atomic E-state index is 11.6. The maximum atomic E-state index is 11.6. The maximum Gasteiger partial charge on any atom is 0.329 e. The molecule has 15 heavy (non-hydrogen) atoms. The van der Waals surface area contributed by atoms with E-state index < -0.39 is 17.6 Å². The molecule has 86 valence electrons. The van der Waals surface area contributed by atoms with Gasteiger partial charge >= 0.3 is 5.97 Å². The van der Waals surface area contributed by atoms with Crippen molar-refractivity contribution in [1.29, 1.82) is 0 Å². The number of nitrogens with one attached hydrogen (secondary N) is 1. The number of hydrogen-bond acceptors (Lipinski definition) is 3. The third-order valence-electron chi connectivity index (χ3n) is 1.51. The lowest BCUT2D eigenvalue weighted by molar-refractivity contribution is -0.158. The lowest BCUT2D eigenvalue weighted by atomic mass is 10.1. The Morgan fingerprint density at radius 2 is 2.07 bits per heavy atom. The summed E-state index contributed by atoms with van der Waals surface area (Å²) in [5.74, 6) is -0.433. The molecule has 0 aliphatic heterocycles. The van der Waals surface area contributed by atoms with Crippen LogP contribution >= 0.6 is 0 Å². The molecule has 0 saturated heterocycles. The minimum absolute atomic E-state index is 0.396. The average molecular weight is 213 g/mol. The Balaban J connectivity index is 4.41. The van der Waals surface area contributed by atoms with Crippen LogP contribution in [0.1, 0.15) is 34.1 Å². The molecule has 1 N–H and O–H groups in total. The number of ether oxygens (including phenoxy) is 1. The van der Waals surface area contributed by atoms with Crippen LogP contribution in [0.3, 0.4) is 0 Å². The minimum atomic E-state index is -0.640. The van der Waals surface area contributed by atoms with Crippen molar-refractivity contribution >= 4 is 12.4 Å². The van der Waals surface area contributed by atoms with Gasteiger partial charge in [-0.25, -0.2) is 4.79 Å². The summed E-state index contributed by atoms with van der Waals surface area (Å²) in [6.45, 7) is 10.8. The molecule has 0 aromatic carbocycles. The Morgan fingerprint density at radius 3 is 2.40 bits per heavy atom. The van der Waals surface area contributed by atoms with Crippen LogP contribution in [-0.4, -0.2) is 24.0 Å². The molecule has 0 rings (SSSR count). The molecule has 0 saturated carbocycles. The summed E-state index contributed by atoms with van der Waals surface area (Å²) in [6, 6.07) is -0.640. The summed E-state index contributed by atoms with van der Waals surface area (Å²) in [5.41, 5.74) is 0.273. The van der Waals surface area contributed by atoms with E-state index in [0.717, 1.165) is 5.57 Å². The van der Waals surface area contributed by atoms with E-state index in [1.807, 2.05) is 0 Å². The second-order valence-electron chi connectivity index (χ2n) is 4.53. The van der Waals surface area contributed by atoms with Gasteiger partial charge in [0.1, 0.15) is 11.6 Å². The number of carbonyl (C=O) groups is 2. The third-order valence-corrected chi connectivity index (χ3v) is 1.51. The molecule has 0 radical (unpaired) electrons. The van der Waals surface area contributed by atoms with E-state index in [1.165, 1.54) is 0 Å². The third kappa shape index (κ3) is 6.71. The van der Waals surface area contributed by atoms with Crippen molar-refractivity contribution in [3.63, 3.8) is 0 Å². The summed E-state index contributed by atoms with van der Waals surface area (Å²) >= 11 is 0. The number of rotatable bonds is 5. The van der Waals surface area contributed by atoms with Crippen LogP contribution < -0.4 is 5.32 Å². The van der Waals surface area contributed by atoms with Crippen LogP contribution in [0.2, 0.25) is 0 Å². The Morgan fingerprint density at radius 1 is 1.53 bits per heavy atom. The molecule has 1 atom stereocenters. The van der Waals surface area contributed by atoms with E-state index in [4.69, 9.17) is 4.74 Å². The highest BCUT2D eigenvalue weighted by molar-refractivity contribution is 5.78. The van der Waals surface area contributed by atoms with Crippen LogP contribution in [0.15, 0.2) is 12.2 Å². The standard InChI is InChI=1S/C11H19NO3/c1-8(2)6-9(12-7-13)10(14)15-11(3,4)5/h7,9H,1,6H2,2-5H3,(H,12,13). The van der Waals surface area contributed by atoms with Crippen LogP contribution in [0, 0.1) is 0 Å². The predicted octanol–water partition coefficient (Wildman–Crippen LogP) is 1.41. The smallest absolute Gasteiger partial charge is 0.329 e. The Hall–Kier alpha value is -1.32. The molecule has 0 heterocycles. The lowest BCUT2D eigenvalue weighted by Gasteiger charge is -2.23. The molecule has 0 aliphatic carbocycles. The van der Waals surface area contributed by atoms with E-state index in [-0.39, 0.29) is 0 Å². The second kappa shape index (κ2) is 5.53. The van der Waals surface area contributed by atoms with Gasteiger partial charge in [-0.1, -0.05) is 5.57 Å². The molecular weight excluding hydrogens is 194 g/mol. The van der Waals surface area contributed by atoms with Crippen molar-refractivity contribution in [2.75, 3.05) is 0 Å². The van der Waals surface area contributed by atoms with Gasteiger partial charge in [-0.05, 0) is 34.1 Å². The highest BCUT2D eigenvalue weighted by atomic mass is 16.6. The molecule has 0 bridgehead atoms. The first-order valence-corrected chi connectivity index (χ1v) is 4.83. The Labute approximate surface area is 90.7 Å². The van der Waals surface area contributed by atoms with Crippen LogP contribution in [0.4, 0.5) is 0 Å². The average Bonchev–Trinajstić information content (AvgIpc) is 1.99. The number of esters is 1. The lowest BCUT2D eigenvalue weighted by Crippen LogP contribution is -2.40. The largest absolute Gasteiger partial charge is 0.458 e. The van der Waals surface area contributed by atoms with E-state index in [1.54, 1.807) is 27.7 Å². The second-order valence-corrected chi connectivity index (χ2v) is 4.53. The number of carbonyl (C=O) groups excluding carboxylic acids is 2. The SMILES string of the molecule is C=C(C)CC(NC=O)C(=O)OC(C)(C)C. The van der Waals surface area contributed by atoms with Gasteiger partial charge in [0.05, 0.1) is 0 Å². The van der Waals surface area contributed by atoms with Gasteiger partial charge in [0.25, 0.3) is 0 Å². The summed E-state index contributed by atoms with van der Waals surface area (Å²) in [6.07, 6.45) is 0.894. The first kappa shape index (κ1) is 13.7. The van der Waals surface area contributed by atoms with E-state index >= 15 is 0 Å². The molecule has 0 aromatic heterocycles. The highest BCUT2D eigenvalue weighted by Crippen LogP contribution is 2.11. The van der Waals surface area contributed by atoms with Gasteiger partial charge in [-0.2, -0.15) is 0 Å². The molecule has 0 fully saturated rings. The monoisotopic (exact) mass is 213 g/mol. The van der Waals surface area contributed by atoms with Crippen molar-refractivity contribution in [3.8, 4) is 0 Å². The molecule has 0 aliphatic rings. The van der Waals surface area contributed by atoms with Crippen molar-refractivity contribution in [2.45, 2.75) is 45.8 Å². The van der Waals surface area contributed by atoms with E-state index in [0.29, 0.717) is 12.8 Å². The summed E-state index contributed by atoms with van der Waals surface area (Å²) in [4.78, 5) is 21.9. The molecule has 0 aromatic rings.